The molecule has 3 rings (SSSR count). The first-order chi connectivity index (χ1) is 11.9. The van der Waals surface area contributed by atoms with E-state index in [9.17, 15) is 14.7 Å². The zero-order valence-corrected chi connectivity index (χ0v) is 13.9. The Hall–Kier alpha value is -3.06. The normalized spacial score (nSPS) is 13.5. The maximum absolute atomic E-state index is 12.1. The third-order valence-corrected chi connectivity index (χ3v) is 3.79. The van der Waals surface area contributed by atoms with Gasteiger partial charge in [0.25, 0.3) is 11.8 Å². The molecule has 0 unspecified atom stereocenters. The fourth-order valence-electron chi connectivity index (χ4n) is 2.26. The summed E-state index contributed by atoms with van der Waals surface area (Å²) in [7, 11) is 0. The highest BCUT2D eigenvalue weighted by Crippen LogP contribution is 2.28. The molecule has 0 saturated carbocycles. The van der Waals surface area contributed by atoms with Crippen molar-refractivity contribution in [1.29, 1.82) is 0 Å². The number of hydrogen-bond donors (Lipinski definition) is 3. The van der Waals surface area contributed by atoms with Crippen LogP contribution in [0.3, 0.4) is 0 Å². The summed E-state index contributed by atoms with van der Waals surface area (Å²) < 4.78 is 5.29. The van der Waals surface area contributed by atoms with E-state index < -0.39 is 5.91 Å². The van der Waals surface area contributed by atoms with Gasteiger partial charge in [-0.3, -0.25) is 9.59 Å². The van der Waals surface area contributed by atoms with Crippen molar-refractivity contribution in [1.82, 2.24) is 5.43 Å². The van der Waals surface area contributed by atoms with E-state index >= 15 is 0 Å². The fourth-order valence-corrected chi connectivity index (χ4v) is 2.43. The van der Waals surface area contributed by atoms with Crippen molar-refractivity contribution in [3.8, 4) is 11.5 Å². The number of phenols is 1. The van der Waals surface area contributed by atoms with Gasteiger partial charge in [0.2, 0.25) is 0 Å². The largest absolute Gasteiger partial charge is 0.507 e. The maximum atomic E-state index is 12.1. The Bertz CT molecular complexity index is 895. The topological polar surface area (TPSA) is 100 Å². The lowest BCUT2D eigenvalue weighted by Gasteiger charge is -2.18. The van der Waals surface area contributed by atoms with E-state index in [2.05, 4.69) is 15.8 Å². The molecule has 2 aromatic carbocycles. The number of carbonyl (C=O) groups excluding carboxylic acids is 2. The number of hydrazone groups is 1. The third kappa shape index (κ3) is 3.72. The van der Waals surface area contributed by atoms with Gasteiger partial charge in [-0.15, -0.1) is 0 Å². The zero-order chi connectivity index (χ0) is 18.0. The Balaban J connectivity index is 1.78. The first-order valence-corrected chi connectivity index (χ1v) is 7.72. The molecule has 8 heteroatoms. The lowest BCUT2D eigenvalue weighted by atomic mass is 10.1. The van der Waals surface area contributed by atoms with Crippen molar-refractivity contribution in [3.63, 3.8) is 0 Å². The fraction of sp³-hybridized carbons (Fsp3) is 0.118. The van der Waals surface area contributed by atoms with Crippen LogP contribution < -0.4 is 15.5 Å². The molecule has 25 heavy (non-hydrogen) atoms. The van der Waals surface area contributed by atoms with Crippen LogP contribution in [0.5, 0.6) is 11.5 Å². The quantitative estimate of drug-likeness (QED) is 0.579. The molecular weight excluding hydrogens is 346 g/mol. The number of benzene rings is 2. The Morgan fingerprint density at radius 2 is 2.12 bits per heavy atom. The summed E-state index contributed by atoms with van der Waals surface area (Å²) in [4.78, 5) is 23.5. The van der Waals surface area contributed by atoms with Crippen molar-refractivity contribution in [2.75, 3.05) is 11.9 Å². The van der Waals surface area contributed by atoms with Crippen molar-refractivity contribution in [3.05, 3.63) is 52.5 Å². The lowest BCUT2D eigenvalue weighted by Crippen LogP contribution is -2.25. The Morgan fingerprint density at radius 1 is 1.32 bits per heavy atom. The summed E-state index contributed by atoms with van der Waals surface area (Å²) in [6, 6.07) is 9.34. The first-order valence-electron chi connectivity index (χ1n) is 7.34. The van der Waals surface area contributed by atoms with Crippen LogP contribution in [-0.4, -0.2) is 29.2 Å². The van der Waals surface area contributed by atoms with Crippen LogP contribution in [0.1, 0.15) is 22.8 Å². The van der Waals surface area contributed by atoms with Crippen LogP contribution in [0.25, 0.3) is 0 Å². The molecule has 1 aliphatic heterocycles. The molecule has 0 radical (unpaired) electrons. The summed E-state index contributed by atoms with van der Waals surface area (Å²) in [5.41, 5.74) is 4.14. The molecule has 2 amide bonds. The van der Waals surface area contributed by atoms with Crippen LogP contribution in [0.15, 0.2) is 41.5 Å². The molecule has 3 N–H and O–H groups in total. The predicted octanol–water partition coefficient (Wildman–Crippen LogP) is 2.53. The van der Waals surface area contributed by atoms with Gasteiger partial charge in [-0.1, -0.05) is 11.6 Å². The summed E-state index contributed by atoms with van der Waals surface area (Å²) in [5, 5.41) is 16.8. The van der Waals surface area contributed by atoms with Gasteiger partial charge in [-0.05, 0) is 48.9 Å². The Kier molecular flexibility index (Phi) is 4.58. The molecule has 0 spiro atoms. The lowest BCUT2D eigenvalue weighted by molar-refractivity contribution is -0.118. The van der Waals surface area contributed by atoms with Gasteiger partial charge in [-0.25, -0.2) is 5.43 Å². The van der Waals surface area contributed by atoms with Gasteiger partial charge in [-0.2, -0.15) is 5.10 Å². The highest BCUT2D eigenvalue weighted by atomic mass is 35.5. The summed E-state index contributed by atoms with van der Waals surface area (Å²) >= 11 is 5.83. The van der Waals surface area contributed by atoms with Gasteiger partial charge in [0.15, 0.2) is 6.61 Å². The molecule has 0 bridgehead atoms. The second kappa shape index (κ2) is 6.82. The van der Waals surface area contributed by atoms with Gasteiger partial charge in [0, 0.05) is 5.02 Å². The zero-order valence-electron chi connectivity index (χ0n) is 13.2. The van der Waals surface area contributed by atoms with Crippen molar-refractivity contribution in [2.45, 2.75) is 6.92 Å². The van der Waals surface area contributed by atoms with Gasteiger partial charge >= 0.3 is 0 Å². The molecular formula is C17H14ClN3O4. The molecule has 0 fully saturated rings. The van der Waals surface area contributed by atoms with Crippen LogP contribution in [0.4, 0.5) is 5.69 Å². The Morgan fingerprint density at radius 3 is 2.92 bits per heavy atom. The number of aromatic hydroxyl groups is 1. The van der Waals surface area contributed by atoms with Crippen LogP contribution >= 0.6 is 11.6 Å². The van der Waals surface area contributed by atoms with Crippen molar-refractivity contribution >= 4 is 34.8 Å². The molecule has 0 atom stereocenters. The standard InChI is InChI=1S/C17H14ClN3O4/c1-9(10-2-5-15-13(6-10)19-16(23)8-25-15)20-21-17(24)12-7-11(18)3-4-14(12)22/h2-7,22H,8H2,1H3,(H,19,23)(H,21,24)/b20-9-. The summed E-state index contributed by atoms with van der Waals surface area (Å²) in [5.74, 6) is -0.439. The molecule has 7 nitrogen and oxygen atoms in total. The minimum Gasteiger partial charge on any atom is -0.507 e. The monoisotopic (exact) mass is 359 g/mol. The number of phenolic OH excluding ortho intramolecular Hbond substituents is 1. The number of halogens is 1. The number of rotatable bonds is 3. The number of ether oxygens (including phenoxy) is 1. The summed E-state index contributed by atoms with van der Waals surface area (Å²) in [6.07, 6.45) is 0. The number of hydrogen-bond acceptors (Lipinski definition) is 5. The van der Waals surface area contributed by atoms with Crippen LogP contribution in [0.2, 0.25) is 5.02 Å². The minimum absolute atomic E-state index is 0.0153. The number of anilines is 1. The number of nitrogens with one attached hydrogen (secondary N) is 2. The molecule has 0 saturated heterocycles. The molecule has 1 aliphatic rings. The van der Waals surface area contributed by atoms with Gasteiger partial charge in [0.05, 0.1) is 17.0 Å². The van der Waals surface area contributed by atoms with Gasteiger partial charge < -0.3 is 15.2 Å². The van der Waals surface area contributed by atoms with Gasteiger partial charge in [0.1, 0.15) is 11.5 Å². The van der Waals surface area contributed by atoms with E-state index in [-0.39, 0.29) is 23.8 Å². The van der Waals surface area contributed by atoms with Crippen LogP contribution in [0, 0.1) is 0 Å². The molecule has 2 aromatic rings. The maximum Gasteiger partial charge on any atom is 0.275 e. The van der Waals surface area contributed by atoms with Crippen molar-refractivity contribution in [2.24, 2.45) is 5.10 Å². The third-order valence-electron chi connectivity index (χ3n) is 3.56. The highest BCUT2D eigenvalue weighted by Gasteiger charge is 2.17. The number of nitrogens with zero attached hydrogens (tertiary/aromatic N) is 1. The van der Waals surface area contributed by atoms with E-state index in [1.165, 1.54) is 18.2 Å². The average Bonchev–Trinajstić information content (AvgIpc) is 2.60. The van der Waals surface area contributed by atoms with E-state index in [1.807, 2.05) is 0 Å². The second-order valence-electron chi connectivity index (χ2n) is 5.35. The number of fused-ring (bicyclic) bond motifs is 1. The van der Waals surface area contributed by atoms with E-state index in [1.54, 1.807) is 25.1 Å². The molecule has 0 aromatic heterocycles. The number of amides is 2. The Labute approximate surface area is 148 Å². The summed E-state index contributed by atoms with van der Waals surface area (Å²) in [6.45, 7) is 1.68. The van der Waals surface area contributed by atoms with E-state index in [0.717, 1.165) is 0 Å². The molecule has 128 valence electrons. The smallest absolute Gasteiger partial charge is 0.275 e. The first kappa shape index (κ1) is 16.8. The second-order valence-corrected chi connectivity index (χ2v) is 5.78. The van der Waals surface area contributed by atoms with E-state index in [0.29, 0.717) is 27.7 Å². The molecule has 0 aliphatic carbocycles. The predicted molar refractivity (Wildman–Crippen MR) is 93.4 cm³/mol. The van der Waals surface area contributed by atoms with E-state index in [4.69, 9.17) is 16.3 Å². The van der Waals surface area contributed by atoms with Crippen LogP contribution in [-0.2, 0) is 4.79 Å². The SMILES string of the molecule is C/C(=N/NC(=O)c1cc(Cl)ccc1O)c1ccc2c(c1)NC(=O)CO2. The minimum atomic E-state index is -0.589. The highest BCUT2D eigenvalue weighted by molar-refractivity contribution is 6.31. The molecule has 1 heterocycles. The van der Waals surface area contributed by atoms with Crippen molar-refractivity contribution < 1.29 is 19.4 Å². The average molecular weight is 360 g/mol. The number of carbonyl (C=O) groups is 2.